The monoisotopic (exact) mass is 316 g/mol. The maximum absolute atomic E-state index is 11.2. The van der Waals surface area contributed by atoms with E-state index in [1.165, 1.54) is 0 Å². The topological polar surface area (TPSA) is 79.5 Å². The van der Waals surface area contributed by atoms with Gasteiger partial charge in [-0.25, -0.2) is 14.3 Å². The fraction of sp³-hybridized carbons (Fsp3) is 0.133. The Bertz CT molecular complexity index is 826. The van der Waals surface area contributed by atoms with Crippen molar-refractivity contribution in [3.8, 4) is 0 Å². The summed E-state index contributed by atoms with van der Waals surface area (Å²) in [6.07, 6.45) is 2.08. The second-order valence-electron chi connectivity index (χ2n) is 4.83. The zero-order chi connectivity index (χ0) is 15.7. The van der Waals surface area contributed by atoms with E-state index in [9.17, 15) is 9.90 Å². The Balaban J connectivity index is 2.21. The molecule has 6 nitrogen and oxygen atoms in total. The number of nitrogens with zero attached hydrogens (tertiary/aromatic N) is 3. The highest BCUT2D eigenvalue weighted by molar-refractivity contribution is 6.31. The van der Waals surface area contributed by atoms with Gasteiger partial charge in [0.15, 0.2) is 5.65 Å². The highest BCUT2D eigenvalue weighted by Crippen LogP contribution is 2.31. The zero-order valence-corrected chi connectivity index (χ0v) is 12.4. The molecule has 7 heteroatoms. The summed E-state index contributed by atoms with van der Waals surface area (Å²) in [7, 11) is 0. The van der Waals surface area contributed by atoms with Crippen LogP contribution in [0.25, 0.3) is 5.65 Å². The van der Waals surface area contributed by atoms with Gasteiger partial charge in [-0.15, -0.1) is 0 Å². The third-order valence-electron chi connectivity index (χ3n) is 3.43. The third-order valence-corrected chi connectivity index (χ3v) is 3.76. The molecule has 3 rings (SSSR count). The van der Waals surface area contributed by atoms with Gasteiger partial charge in [0.05, 0.1) is 11.9 Å². The van der Waals surface area contributed by atoms with Crippen LogP contribution in [0.4, 0.5) is 4.79 Å². The Morgan fingerprint density at radius 2 is 2.18 bits per heavy atom. The van der Waals surface area contributed by atoms with E-state index in [2.05, 4.69) is 15.4 Å². The van der Waals surface area contributed by atoms with Crippen molar-refractivity contribution in [2.45, 2.75) is 13.0 Å². The number of fused-ring (bicyclic) bond motifs is 1. The summed E-state index contributed by atoms with van der Waals surface area (Å²) in [6.45, 7) is 1.88. The zero-order valence-electron chi connectivity index (χ0n) is 11.7. The van der Waals surface area contributed by atoms with Crippen LogP contribution in [0.5, 0.6) is 0 Å². The smallest absolute Gasteiger partial charge is 0.405 e. The predicted molar refractivity (Wildman–Crippen MR) is 82.2 cm³/mol. The minimum atomic E-state index is -1.14. The molecule has 112 valence electrons. The lowest BCUT2D eigenvalue weighted by atomic mass is 9.99. The van der Waals surface area contributed by atoms with E-state index in [-0.39, 0.29) is 0 Å². The third kappa shape index (κ3) is 2.48. The fourth-order valence-electron chi connectivity index (χ4n) is 2.47. The molecule has 1 amide bonds. The average molecular weight is 317 g/mol. The normalized spacial score (nSPS) is 12.3. The van der Waals surface area contributed by atoms with Crippen LogP contribution in [-0.2, 0) is 0 Å². The summed E-state index contributed by atoms with van der Waals surface area (Å²) in [5.41, 5.74) is 2.82. The van der Waals surface area contributed by atoms with E-state index in [4.69, 9.17) is 11.6 Å². The largest absolute Gasteiger partial charge is 0.465 e. The molecular weight excluding hydrogens is 304 g/mol. The van der Waals surface area contributed by atoms with Crippen LogP contribution in [-0.4, -0.2) is 25.8 Å². The number of nitrogens with one attached hydrogen (secondary N) is 1. The van der Waals surface area contributed by atoms with E-state index in [1.54, 1.807) is 35.1 Å². The van der Waals surface area contributed by atoms with Crippen molar-refractivity contribution in [2.75, 3.05) is 0 Å². The summed E-state index contributed by atoms with van der Waals surface area (Å²) < 4.78 is 1.60. The Hall–Kier alpha value is -2.60. The average Bonchev–Trinajstić information content (AvgIpc) is 2.89. The van der Waals surface area contributed by atoms with Crippen LogP contribution in [0.15, 0.2) is 42.7 Å². The van der Waals surface area contributed by atoms with Gasteiger partial charge in [-0.2, -0.15) is 5.10 Å². The molecule has 0 saturated carbocycles. The van der Waals surface area contributed by atoms with E-state index in [0.717, 1.165) is 5.56 Å². The van der Waals surface area contributed by atoms with Gasteiger partial charge in [-0.3, -0.25) is 0 Å². The van der Waals surface area contributed by atoms with Gasteiger partial charge in [0, 0.05) is 16.8 Å². The molecule has 2 aromatic heterocycles. The van der Waals surface area contributed by atoms with Gasteiger partial charge in [0.2, 0.25) is 0 Å². The number of aromatic nitrogens is 3. The summed E-state index contributed by atoms with van der Waals surface area (Å²) >= 11 is 6.29. The number of amides is 1. The van der Waals surface area contributed by atoms with Crippen LogP contribution in [0.1, 0.15) is 22.9 Å². The number of carbonyl (C=O) groups is 1. The molecule has 22 heavy (non-hydrogen) atoms. The molecule has 0 fully saturated rings. The molecule has 0 aliphatic rings. The molecule has 0 aliphatic carbocycles. The first-order valence-electron chi connectivity index (χ1n) is 6.61. The maximum atomic E-state index is 11.2. The predicted octanol–water partition coefficient (Wildman–Crippen LogP) is 3.05. The minimum Gasteiger partial charge on any atom is -0.465 e. The molecule has 1 atom stereocenters. The molecular formula is C15H13ClN4O2. The molecule has 1 unspecified atom stereocenters. The van der Waals surface area contributed by atoms with Gasteiger partial charge in [0.1, 0.15) is 6.04 Å². The summed E-state index contributed by atoms with van der Waals surface area (Å²) in [5, 5.41) is 16.4. The van der Waals surface area contributed by atoms with Crippen molar-refractivity contribution in [1.29, 1.82) is 0 Å². The number of hydrogen-bond donors (Lipinski definition) is 2. The Kier molecular flexibility index (Phi) is 3.68. The number of hydrogen-bond acceptors (Lipinski definition) is 3. The van der Waals surface area contributed by atoms with E-state index in [1.807, 2.05) is 19.1 Å². The molecule has 0 saturated heterocycles. The van der Waals surface area contributed by atoms with E-state index in [0.29, 0.717) is 21.9 Å². The standard InChI is InChI=1S/C15H13ClN4O2/c1-9-4-2-5-10(16)13(9)14(19-15(21)22)11-8-17-12-6-3-7-18-20(11)12/h2-8,14,19H,1H3,(H,21,22). The lowest BCUT2D eigenvalue weighted by Crippen LogP contribution is -2.29. The van der Waals surface area contributed by atoms with Gasteiger partial charge in [-0.1, -0.05) is 23.7 Å². The van der Waals surface area contributed by atoms with Crippen molar-refractivity contribution in [2.24, 2.45) is 0 Å². The molecule has 1 aromatic carbocycles. The van der Waals surface area contributed by atoms with Crippen LogP contribution in [0.3, 0.4) is 0 Å². The lowest BCUT2D eigenvalue weighted by molar-refractivity contribution is 0.191. The molecule has 0 radical (unpaired) electrons. The fourth-order valence-corrected chi connectivity index (χ4v) is 2.80. The quantitative estimate of drug-likeness (QED) is 0.778. The SMILES string of the molecule is Cc1cccc(Cl)c1C(NC(=O)O)c1cnc2cccnn12. The highest BCUT2D eigenvalue weighted by atomic mass is 35.5. The van der Waals surface area contributed by atoms with Crippen LogP contribution in [0.2, 0.25) is 5.02 Å². The molecule has 0 bridgehead atoms. The first kappa shape index (κ1) is 14.3. The number of halogens is 1. The molecule has 0 aliphatic heterocycles. The number of rotatable bonds is 3. The Morgan fingerprint density at radius 1 is 1.36 bits per heavy atom. The summed E-state index contributed by atoms with van der Waals surface area (Å²) in [6, 6.07) is 8.36. The van der Waals surface area contributed by atoms with Gasteiger partial charge >= 0.3 is 6.09 Å². The van der Waals surface area contributed by atoms with Crippen molar-refractivity contribution in [3.05, 3.63) is 64.6 Å². The van der Waals surface area contributed by atoms with Gasteiger partial charge < -0.3 is 10.4 Å². The van der Waals surface area contributed by atoms with E-state index < -0.39 is 12.1 Å². The van der Waals surface area contributed by atoms with Crippen molar-refractivity contribution < 1.29 is 9.90 Å². The Morgan fingerprint density at radius 3 is 2.91 bits per heavy atom. The van der Waals surface area contributed by atoms with Crippen molar-refractivity contribution in [3.63, 3.8) is 0 Å². The number of aryl methyl sites for hydroxylation is 1. The van der Waals surface area contributed by atoms with Crippen LogP contribution in [0, 0.1) is 6.92 Å². The van der Waals surface area contributed by atoms with Gasteiger partial charge in [-0.05, 0) is 30.7 Å². The van der Waals surface area contributed by atoms with Crippen LogP contribution >= 0.6 is 11.6 Å². The summed E-state index contributed by atoms with van der Waals surface area (Å²) in [4.78, 5) is 15.5. The number of imidazole rings is 1. The second kappa shape index (κ2) is 5.65. The Labute approximate surface area is 131 Å². The molecule has 0 spiro atoms. The highest BCUT2D eigenvalue weighted by Gasteiger charge is 2.24. The van der Waals surface area contributed by atoms with Crippen molar-refractivity contribution in [1.82, 2.24) is 19.9 Å². The van der Waals surface area contributed by atoms with Crippen LogP contribution < -0.4 is 5.32 Å². The number of benzene rings is 1. The number of carboxylic acid groups (broad SMARTS) is 1. The molecule has 3 aromatic rings. The van der Waals surface area contributed by atoms with Gasteiger partial charge in [0.25, 0.3) is 0 Å². The lowest BCUT2D eigenvalue weighted by Gasteiger charge is -2.20. The molecule has 2 heterocycles. The maximum Gasteiger partial charge on any atom is 0.405 e. The first-order valence-corrected chi connectivity index (χ1v) is 6.99. The summed E-state index contributed by atoms with van der Waals surface area (Å²) in [5.74, 6) is 0. The first-order chi connectivity index (χ1) is 10.6. The molecule has 2 N–H and O–H groups in total. The van der Waals surface area contributed by atoms with Crippen molar-refractivity contribution >= 4 is 23.3 Å². The second-order valence-corrected chi connectivity index (χ2v) is 5.24. The minimum absolute atomic E-state index is 0.490. The van der Waals surface area contributed by atoms with E-state index >= 15 is 0 Å².